The summed E-state index contributed by atoms with van der Waals surface area (Å²) >= 11 is 4.01. The zero-order chi connectivity index (χ0) is 25.7. The maximum atomic E-state index is 13.1. The first-order valence-corrected chi connectivity index (χ1v) is 11.3. The number of carbonyl (C=O) groups is 4. The minimum absolute atomic E-state index is 0.0778. The summed E-state index contributed by atoms with van der Waals surface area (Å²) in [6, 6.07) is 4.76. The van der Waals surface area contributed by atoms with Gasteiger partial charge in [-0.15, -0.1) is 0 Å². The molecule has 0 radical (unpaired) electrons. The van der Waals surface area contributed by atoms with Crippen LogP contribution >= 0.6 is 12.6 Å². The highest BCUT2D eigenvalue weighted by molar-refractivity contribution is 7.80. The Morgan fingerprint density at radius 1 is 1.00 bits per heavy atom. The van der Waals surface area contributed by atoms with Gasteiger partial charge in [-0.3, -0.25) is 24.2 Å². The number of thiol groups is 1. The average molecular weight is 496 g/mol. The topological polar surface area (TPSA) is 215 Å². The van der Waals surface area contributed by atoms with E-state index in [-0.39, 0.29) is 31.1 Å². The summed E-state index contributed by atoms with van der Waals surface area (Å²) in [5.74, 6) is -3.16. The number of carbonyl (C=O) groups excluding carboxylic acids is 3. The fourth-order valence-electron chi connectivity index (χ4n) is 2.84. The molecule has 0 bridgehead atoms. The van der Waals surface area contributed by atoms with Gasteiger partial charge in [-0.2, -0.15) is 12.6 Å². The first kappa shape index (κ1) is 28.7. The third-order valence-electron chi connectivity index (χ3n) is 4.76. The summed E-state index contributed by atoms with van der Waals surface area (Å²) in [5, 5.41) is 16.6. The van der Waals surface area contributed by atoms with Crippen LogP contribution < -0.4 is 33.2 Å². The van der Waals surface area contributed by atoms with E-state index < -0.39 is 47.9 Å². The molecule has 0 saturated carbocycles. The summed E-state index contributed by atoms with van der Waals surface area (Å²) in [6.45, 7) is 1.51. The first-order valence-electron chi connectivity index (χ1n) is 10.6. The maximum absolute atomic E-state index is 13.1. The minimum atomic E-state index is -1.23. The molecule has 13 heteroatoms. The highest BCUT2D eigenvalue weighted by Gasteiger charge is 2.29. The summed E-state index contributed by atoms with van der Waals surface area (Å²) in [4.78, 5) is 53.1. The molecule has 10 N–H and O–H groups in total. The van der Waals surface area contributed by atoms with Gasteiger partial charge in [0.05, 0.1) is 6.04 Å². The van der Waals surface area contributed by atoms with Crippen LogP contribution in [0.4, 0.5) is 0 Å². The number of benzene rings is 1. The van der Waals surface area contributed by atoms with E-state index in [2.05, 4.69) is 33.6 Å². The van der Waals surface area contributed by atoms with Gasteiger partial charge in [-0.25, -0.2) is 0 Å². The predicted octanol–water partition coefficient (Wildman–Crippen LogP) is -1.90. The third kappa shape index (κ3) is 10.5. The Labute approximate surface area is 203 Å². The van der Waals surface area contributed by atoms with Gasteiger partial charge in [0.1, 0.15) is 18.1 Å². The van der Waals surface area contributed by atoms with Crippen LogP contribution in [0, 0.1) is 0 Å². The highest BCUT2D eigenvalue weighted by Crippen LogP contribution is 2.06. The van der Waals surface area contributed by atoms with Gasteiger partial charge in [-0.1, -0.05) is 30.3 Å². The number of nitrogens with one attached hydrogen (secondary N) is 3. The van der Waals surface area contributed by atoms with Gasteiger partial charge < -0.3 is 38.3 Å². The average Bonchev–Trinajstić information content (AvgIpc) is 2.80. The first-order chi connectivity index (χ1) is 16.0. The summed E-state index contributed by atoms with van der Waals surface area (Å²) in [7, 11) is 0. The molecule has 0 fully saturated rings. The van der Waals surface area contributed by atoms with Crippen molar-refractivity contribution in [1.29, 1.82) is 0 Å². The van der Waals surface area contributed by atoms with Crippen LogP contribution in [-0.2, 0) is 25.6 Å². The summed E-state index contributed by atoms with van der Waals surface area (Å²) in [5.41, 5.74) is 17.1. The predicted molar refractivity (Wildman–Crippen MR) is 131 cm³/mol. The number of carboxylic acids is 1. The number of hydrogen-bond acceptors (Lipinski definition) is 7. The number of nitrogens with zero attached hydrogens (tertiary/aromatic N) is 1. The molecule has 0 aliphatic heterocycles. The molecule has 34 heavy (non-hydrogen) atoms. The Morgan fingerprint density at radius 2 is 1.59 bits per heavy atom. The largest absolute Gasteiger partial charge is 0.480 e. The molecule has 188 valence electrons. The van der Waals surface area contributed by atoms with Crippen LogP contribution in [0.3, 0.4) is 0 Å². The van der Waals surface area contributed by atoms with Crippen molar-refractivity contribution in [2.24, 2.45) is 22.2 Å². The number of guanidine groups is 1. The molecule has 0 aliphatic carbocycles. The second-order valence-electron chi connectivity index (χ2n) is 7.62. The zero-order valence-electron chi connectivity index (χ0n) is 18.9. The number of carboxylic acid groups (broad SMARTS) is 1. The van der Waals surface area contributed by atoms with Crippen molar-refractivity contribution < 1.29 is 24.3 Å². The monoisotopic (exact) mass is 495 g/mol. The Morgan fingerprint density at radius 3 is 2.15 bits per heavy atom. The molecule has 1 rings (SSSR count). The van der Waals surface area contributed by atoms with Gasteiger partial charge >= 0.3 is 5.97 Å². The smallest absolute Gasteiger partial charge is 0.325 e. The standard InChI is InChI=1S/C21H33N7O5S/c1-12(20(32)33)26-18(30)15(8-5-9-25-21(23)24)27-19(31)16(28-17(29)14(22)11-34)10-13-6-3-2-4-7-13/h2-4,6-7,12,14-16,34H,5,8-11,22H2,1H3,(H,26,30)(H,27,31)(H,28,29)(H,32,33)(H4,23,24,25)/t12-,14-,15-,16-/m0/s1. The number of amides is 3. The lowest BCUT2D eigenvalue weighted by Crippen LogP contribution is -2.57. The Kier molecular flexibility index (Phi) is 12.5. The fraction of sp³-hybridized carbons (Fsp3) is 0.476. The van der Waals surface area contributed by atoms with Gasteiger partial charge in [0, 0.05) is 18.7 Å². The lowest BCUT2D eigenvalue weighted by molar-refractivity contribution is -0.141. The number of nitrogens with two attached hydrogens (primary N) is 3. The van der Waals surface area contributed by atoms with Crippen molar-refractivity contribution in [2.75, 3.05) is 12.3 Å². The normalized spacial score (nSPS) is 14.1. The molecule has 0 saturated heterocycles. The van der Waals surface area contributed by atoms with Gasteiger partial charge in [-0.05, 0) is 25.3 Å². The van der Waals surface area contributed by atoms with Crippen molar-refractivity contribution in [3.63, 3.8) is 0 Å². The fourth-order valence-corrected chi connectivity index (χ4v) is 3.01. The molecule has 0 spiro atoms. The molecule has 12 nitrogen and oxygen atoms in total. The molecule has 0 unspecified atom stereocenters. The van der Waals surface area contributed by atoms with Crippen LogP contribution in [0.1, 0.15) is 25.3 Å². The molecule has 4 atom stereocenters. The number of rotatable bonds is 14. The molecular weight excluding hydrogens is 462 g/mol. The van der Waals surface area contributed by atoms with Crippen molar-refractivity contribution in [1.82, 2.24) is 16.0 Å². The Bertz CT molecular complexity index is 864. The van der Waals surface area contributed by atoms with Crippen LogP contribution in [0.2, 0.25) is 0 Å². The number of aliphatic carboxylic acids is 1. The van der Waals surface area contributed by atoms with Crippen LogP contribution in [0.15, 0.2) is 35.3 Å². The van der Waals surface area contributed by atoms with E-state index in [0.29, 0.717) is 6.42 Å². The van der Waals surface area contributed by atoms with Crippen LogP contribution in [-0.4, -0.2) is 71.2 Å². The molecule has 0 aliphatic rings. The minimum Gasteiger partial charge on any atom is -0.480 e. The van der Waals surface area contributed by atoms with Crippen molar-refractivity contribution in [3.8, 4) is 0 Å². The van der Waals surface area contributed by atoms with Gasteiger partial charge in [0.25, 0.3) is 0 Å². The van der Waals surface area contributed by atoms with Crippen molar-refractivity contribution in [2.45, 2.75) is 50.4 Å². The lowest BCUT2D eigenvalue weighted by Gasteiger charge is -2.24. The van der Waals surface area contributed by atoms with Crippen LogP contribution in [0.25, 0.3) is 0 Å². The molecule has 1 aromatic rings. The van der Waals surface area contributed by atoms with E-state index in [1.165, 1.54) is 6.92 Å². The Hall–Kier alpha value is -3.32. The van der Waals surface area contributed by atoms with Gasteiger partial charge in [0.2, 0.25) is 17.7 Å². The van der Waals surface area contributed by atoms with E-state index in [4.69, 9.17) is 22.3 Å². The van der Waals surface area contributed by atoms with Crippen LogP contribution in [0.5, 0.6) is 0 Å². The molecular formula is C21H33N7O5S. The molecule has 0 heterocycles. The maximum Gasteiger partial charge on any atom is 0.325 e. The van der Waals surface area contributed by atoms with E-state index >= 15 is 0 Å². The van der Waals surface area contributed by atoms with E-state index in [1.807, 2.05) is 6.07 Å². The molecule has 0 aromatic heterocycles. The molecule has 1 aromatic carbocycles. The van der Waals surface area contributed by atoms with Gasteiger partial charge in [0.15, 0.2) is 5.96 Å². The van der Waals surface area contributed by atoms with Crippen molar-refractivity contribution >= 4 is 42.3 Å². The number of hydrogen-bond donors (Lipinski definition) is 8. The Balaban J connectivity index is 3.04. The second kappa shape index (κ2) is 14.8. The quantitative estimate of drug-likeness (QED) is 0.0629. The zero-order valence-corrected chi connectivity index (χ0v) is 19.8. The van der Waals surface area contributed by atoms with Crippen molar-refractivity contribution in [3.05, 3.63) is 35.9 Å². The summed E-state index contributed by atoms with van der Waals surface area (Å²) in [6.07, 6.45) is 0.604. The molecule has 3 amide bonds. The third-order valence-corrected chi connectivity index (χ3v) is 5.15. The lowest BCUT2D eigenvalue weighted by atomic mass is 10.0. The highest BCUT2D eigenvalue weighted by atomic mass is 32.1. The van der Waals surface area contributed by atoms with E-state index in [9.17, 15) is 19.2 Å². The van der Waals surface area contributed by atoms with E-state index in [1.54, 1.807) is 24.3 Å². The summed E-state index contributed by atoms with van der Waals surface area (Å²) < 4.78 is 0. The second-order valence-corrected chi connectivity index (χ2v) is 7.98. The number of aliphatic imine (C=N–C) groups is 1. The van der Waals surface area contributed by atoms with E-state index in [0.717, 1.165) is 5.56 Å². The SMILES string of the molecule is C[C@H](NC(=O)[C@H](CCCN=C(N)N)NC(=O)[C@H](Cc1ccccc1)NC(=O)[C@@H](N)CS)C(=O)O.